The number of furan rings is 1. The Kier molecular flexibility index (Phi) is 4.80. The van der Waals surface area contributed by atoms with E-state index >= 15 is 0 Å². The van der Waals surface area contributed by atoms with Crippen LogP contribution in [-0.2, 0) is 0 Å². The highest BCUT2D eigenvalue weighted by Gasteiger charge is 2.14. The van der Waals surface area contributed by atoms with Gasteiger partial charge in [-0.3, -0.25) is 0 Å². The third kappa shape index (κ3) is 3.32. The normalized spacial score (nSPS) is 11.3. The van der Waals surface area contributed by atoms with Crippen molar-refractivity contribution in [2.24, 2.45) is 0 Å². The first kappa shape index (κ1) is 19.3. The quantitative estimate of drug-likeness (QED) is 0.211. The summed E-state index contributed by atoms with van der Waals surface area (Å²) in [5.74, 6) is 0. The van der Waals surface area contributed by atoms with Gasteiger partial charge in [0.1, 0.15) is 11.2 Å². The Labute approximate surface area is 200 Å². The number of hydrogen-bond acceptors (Lipinski definition) is 1. The molecule has 0 spiro atoms. The van der Waals surface area contributed by atoms with E-state index in [1.165, 1.54) is 37.0 Å². The minimum absolute atomic E-state index is 0.923. The number of rotatable bonds is 3. The van der Waals surface area contributed by atoms with Crippen LogP contribution in [0.15, 0.2) is 120 Å². The van der Waals surface area contributed by atoms with Crippen LogP contribution >= 0.6 is 22.6 Å². The fourth-order valence-corrected chi connectivity index (χ4v) is 5.29. The Morgan fingerprint density at radius 2 is 1.00 bits per heavy atom. The van der Waals surface area contributed by atoms with E-state index < -0.39 is 0 Å². The maximum absolute atomic E-state index is 6.05. The van der Waals surface area contributed by atoms with Gasteiger partial charge in [0.25, 0.3) is 0 Å². The SMILES string of the molecule is Ic1c(-c2ccccc2)cc(-c2ccc3oc4ccccc4c3c2)cc1-c1ccccc1. The molecule has 1 aromatic heterocycles. The van der Waals surface area contributed by atoms with E-state index in [4.69, 9.17) is 4.42 Å². The van der Waals surface area contributed by atoms with Crippen LogP contribution in [0.3, 0.4) is 0 Å². The van der Waals surface area contributed by atoms with Crippen molar-refractivity contribution in [3.63, 3.8) is 0 Å². The summed E-state index contributed by atoms with van der Waals surface area (Å²) in [4.78, 5) is 0. The second-order valence-corrected chi connectivity index (χ2v) is 9.01. The monoisotopic (exact) mass is 522 g/mol. The third-order valence-electron chi connectivity index (χ3n) is 5.95. The molecule has 0 fully saturated rings. The van der Waals surface area contributed by atoms with Gasteiger partial charge >= 0.3 is 0 Å². The molecule has 0 bridgehead atoms. The lowest BCUT2D eigenvalue weighted by atomic mass is 9.93. The average molecular weight is 522 g/mol. The van der Waals surface area contributed by atoms with E-state index in [1.54, 1.807) is 0 Å². The van der Waals surface area contributed by atoms with Gasteiger partial charge in [-0.05, 0) is 86.3 Å². The Morgan fingerprint density at radius 3 is 1.66 bits per heavy atom. The van der Waals surface area contributed by atoms with E-state index in [1.807, 2.05) is 12.1 Å². The Balaban J connectivity index is 1.61. The molecule has 0 aliphatic heterocycles. The van der Waals surface area contributed by atoms with Gasteiger partial charge in [-0.25, -0.2) is 0 Å². The number of para-hydroxylation sites is 1. The molecule has 0 unspecified atom stereocenters. The van der Waals surface area contributed by atoms with Crippen molar-refractivity contribution >= 4 is 44.5 Å². The summed E-state index contributed by atoms with van der Waals surface area (Å²) in [5, 5.41) is 2.31. The number of fused-ring (bicyclic) bond motifs is 3. The maximum Gasteiger partial charge on any atom is 0.135 e. The lowest BCUT2D eigenvalue weighted by molar-refractivity contribution is 0.669. The molecule has 0 aliphatic carbocycles. The van der Waals surface area contributed by atoms with Crippen LogP contribution < -0.4 is 0 Å². The Bertz CT molecular complexity index is 1500. The predicted molar refractivity (Wildman–Crippen MR) is 143 cm³/mol. The van der Waals surface area contributed by atoms with Gasteiger partial charge in [0.15, 0.2) is 0 Å². The van der Waals surface area contributed by atoms with Crippen molar-refractivity contribution in [1.82, 2.24) is 0 Å². The van der Waals surface area contributed by atoms with E-state index in [2.05, 4.69) is 126 Å². The van der Waals surface area contributed by atoms with E-state index in [-0.39, 0.29) is 0 Å². The smallest absolute Gasteiger partial charge is 0.135 e. The number of halogens is 1. The molecule has 6 aromatic rings. The molecule has 0 atom stereocenters. The molecule has 0 N–H and O–H groups in total. The molecule has 2 heteroatoms. The van der Waals surface area contributed by atoms with Gasteiger partial charge in [0, 0.05) is 14.3 Å². The van der Waals surface area contributed by atoms with Gasteiger partial charge in [-0.2, -0.15) is 0 Å². The maximum atomic E-state index is 6.05. The highest BCUT2D eigenvalue weighted by molar-refractivity contribution is 14.1. The first-order valence-corrected chi connectivity index (χ1v) is 11.7. The fourth-order valence-electron chi connectivity index (χ4n) is 4.35. The van der Waals surface area contributed by atoms with Crippen molar-refractivity contribution in [3.05, 3.63) is 119 Å². The number of hydrogen-bond donors (Lipinski definition) is 0. The summed E-state index contributed by atoms with van der Waals surface area (Å²) >= 11 is 2.49. The summed E-state index contributed by atoms with van der Waals surface area (Å²) in [6.07, 6.45) is 0. The van der Waals surface area contributed by atoms with Crippen LogP contribution in [0.25, 0.3) is 55.3 Å². The summed E-state index contributed by atoms with van der Waals surface area (Å²) < 4.78 is 7.31. The molecule has 0 saturated heterocycles. The van der Waals surface area contributed by atoms with Crippen LogP contribution in [0, 0.1) is 3.57 Å². The van der Waals surface area contributed by atoms with Crippen molar-refractivity contribution in [2.75, 3.05) is 0 Å². The Morgan fingerprint density at radius 1 is 0.438 bits per heavy atom. The van der Waals surface area contributed by atoms with Crippen molar-refractivity contribution < 1.29 is 4.42 Å². The summed E-state index contributed by atoms with van der Waals surface area (Å²) in [6, 6.07) is 40.6. The summed E-state index contributed by atoms with van der Waals surface area (Å²) in [7, 11) is 0. The number of benzene rings is 5. The zero-order valence-corrected chi connectivity index (χ0v) is 19.4. The second kappa shape index (κ2) is 7.95. The fraction of sp³-hybridized carbons (Fsp3) is 0. The van der Waals surface area contributed by atoms with Crippen molar-refractivity contribution in [1.29, 1.82) is 0 Å². The highest BCUT2D eigenvalue weighted by Crippen LogP contribution is 2.39. The molecule has 0 amide bonds. The lowest BCUT2D eigenvalue weighted by Gasteiger charge is -2.15. The molecule has 0 aliphatic rings. The molecule has 5 aromatic carbocycles. The van der Waals surface area contributed by atoms with Gasteiger partial charge in [-0.15, -0.1) is 0 Å². The molecule has 0 saturated carbocycles. The summed E-state index contributed by atoms with van der Waals surface area (Å²) in [5.41, 5.74) is 9.20. The minimum atomic E-state index is 0.923. The largest absolute Gasteiger partial charge is 0.456 e. The van der Waals surface area contributed by atoms with Crippen LogP contribution in [0.4, 0.5) is 0 Å². The minimum Gasteiger partial charge on any atom is -0.456 e. The van der Waals surface area contributed by atoms with Gasteiger partial charge in [0.05, 0.1) is 0 Å². The Hall–Kier alpha value is -3.37. The third-order valence-corrected chi connectivity index (χ3v) is 7.11. The summed E-state index contributed by atoms with van der Waals surface area (Å²) in [6.45, 7) is 0. The van der Waals surface area contributed by atoms with E-state index in [9.17, 15) is 0 Å². The molecule has 32 heavy (non-hydrogen) atoms. The van der Waals surface area contributed by atoms with Gasteiger partial charge in [0.2, 0.25) is 0 Å². The van der Waals surface area contributed by atoms with Gasteiger partial charge < -0.3 is 4.42 Å². The van der Waals surface area contributed by atoms with E-state index in [0.717, 1.165) is 21.9 Å². The standard InChI is InChI=1S/C30H19IO/c31-30-25(20-9-3-1-4-10-20)18-23(19-26(30)21-11-5-2-6-12-21)22-15-16-29-27(17-22)24-13-7-8-14-28(24)32-29/h1-19H. The van der Waals surface area contributed by atoms with E-state index in [0.29, 0.717) is 0 Å². The molecule has 152 valence electrons. The topological polar surface area (TPSA) is 13.1 Å². The highest BCUT2D eigenvalue weighted by atomic mass is 127. The van der Waals surface area contributed by atoms with Crippen LogP contribution in [-0.4, -0.2) is 0 Å². The molecule has 1 heterocycles. The molecule has 1 nitrogen and oxygen atoms in total. The lowest BCUT2D eigenvalue weighted by Crippen LogP contribution is -1.91. The second-order valence-electron chi connectivity index (χ2n) is 7.93. The molecule has 6 rings (SSSR count). The predicted octanol–water partition coefficient (Wildman–Crippen LogP) is 9.19. The zero-order chi connectivity index (χ0) is 21.5. The first-order chi connectivity index (χ1) is 15.8. The molecular weight excluding hydrogens is 503 g/mol. The van der Waals surface area contributed by atoms with Crippen molar-refractivity contribution in [2.45, 2.75) is 0 Å². The van der Waals surface area contributed by atoms with Crippen molar-refractivity contribution in [3.8, 4) is 33.4 Å². The van der Waals surface area contributed by atoms with Gasteiger partial charge in [-0.1, -0.05) is 84.9 Å². The molecule has 0 radical (unpaired) electrons. The zero-order valence-electron chi connectivity index (χ0n) is 17.3. The van der Waals surface area contributed by atoms with Crippen LogP contribution in [0.2, 0.25) is 0 Å². The van der Waals surface area contributed by atoms with Crippen LogP contribution in [0.1, 0.15) is 0 Å². The average Bonchev–Trinajstić information content (AvgIpc) is 3.23. The van der Waals surface area contributed by atoms with Crippen LogP contribution in [0.5, 0.6) is 0 Å². The molecular formula is C30H19IO. The first-order valence-electron chi connectivity index (χ1n) is 10.6.